The molecule has 1 fully saturated rings. The summed E-state index contributed by atoms with van der Waals surface area (Å²) in [7, 11) is 0. The summed E-state index contributed by atoms with van der Waals surface area (Å²) < 4.78 is 5.48. The molecule has 0 bridgehead atoms. The number of nitrogens with zero attached hydrogens (tertiary/aromatic N) is 2. The molecule has 0 saturated carbocycles. The Bertz CT molecular complexity index is 437. The molecule has 2 aliphatic rings. The Hall–Kier alpha value is -1.33. The molecular formula is C9H8ClN3O2. The van der Waals surface area contributed by atoms with Gasteiger partial charge in [-0.1, -0.05) is 11.6 Å². The Kier molecular flexibility index (Phi) is 1.83. The quantitative estimate of drug-likeness (QED) is 0.730. The zero-order valence-corrected chi connectivity index (χ0v) is 8.49. The Morgan fingerprint density at radius 1 is 1.67 bits per heavy atom. The molecule has 0 aliphatic carbocycles. The molecule has 0 radical (unpaired) electrons. The Morgan fingerprint density at radius 3 is 3.40 bits per heavy atom. The van der Waals surface area contributed by atoms with Crippen LogP contribution in [0.5, 0.6) is 0 Å². The van der Waals surface area contributed by atoms with Crippen LogP contribution >= 0.6 is 11.6 Å². The molecule has 78 valence electrons. The van der Waals surface area contributed by atoms with Crippen LogP contribution in [-0.4, -0.2) is 29.1 Å². The Morgan fingerprint density at radius 2 is 2.53 bits per heavy atom. The number of rotatable bonds is 0. The SMILES string of the molecule is O=C1Nc2nccc(Cl)c2C2OCCN12. The molecule has 0 aromatic carbocycles. The number of ether oxygens (including phenoxy) is 1. The molecule has 1 aromatic heterocycles. The van der Waals surface area contributed by atoms with Crippen molar-refractivity contribution in [3.8, 4) is 0 Å². The van der Waals surface area contributed by atoms with E-state index in [1.807, 2.05) is 0 Å². The largest absolute Gasteiger partial charge is 0.352 e. The van der Waals surface area contributed by atoms with Crippen molar-refractivity contribution in [2.45, 2.75) is 6.23 Å². The van der Waals surface area contributed by atoms with Crippen LogP contribution in [0.25, 0.3) is 0 Å². The summed E-state index contributed by atoms with van der Waals surface area (Å²) in [6.07, 6.45) is 1.18. The summed E-state index contributed by atoms with van der Waals surface area (Å²) in [5.74, 6) is 0.496. The first kappa shape index (κ1) is 8.94. The van der Waals surface area contributed by atoms with Crippen LogP contribution in [0, 0.1) is 0 Å². The van der Waals surface area contributed by atoms with E-state index in [0.717, 1.165) is 5.56 Å². The third-order valence-electron chi connectivity index (χ3n) is 2.56. The molecule has 3 heterocycles. The highest BCUT2D eigenvalue weighted by Crippen LogP contribution is 2.39. The Labute approximate surface area is 91.0 Å². The number of halogens is 1. The van der Waals surface area contributed by atoms with Gasteiger partial charge < -0.3 is 4.74 Å². The number of pyridine rings is 1. The maximum atomic E-state index is 11.6. The predicted molar refractivity (Wildman–Crippen MR) is 53.7 cm³/mol. The number of nitrogens with one attached hydrogen (secondary N) is 1. The predicted octanol–water partition coefficient (Wildman–Crippen LogP) is 1.61. The number of carbonyl (C=O) groups is 1. The van der Waals surface area contributed by atoms with Gasteiger partial charge in [-0.25, -0.2) is 9.78 Å². The number of amides is 2. The normalized spacial score (nSPS) is 23.4. The zero-order chi connectivity index (χ0) is 10.4. The molecule has 5 nitrogen and oxygen atoms in total. The molecule has 6 heteroatoms. The second-order valence-electron chi connectivity index (χ2n) is 3.40. The highest BCUT2D eigenvalue weighted by Gasteiger charge is 2.38. The molecule has 1 atom stereocenters. The molecular weight excluding hydrogens is 218 g/mol. The minimum absolute atomic E-state index is 0.181. The summed E-state index contributed by atoms with van der Waals surface area (Å²) >= 11 is 6.06. The summed E-state index contributed by atoms with van der Waals surface area (Å²) in [6, 6.07) is 1.51. The molecule has 0 spiro atoms. The molecule has 1 N–H and O–H groups in total. The van der Waals surface area contributed by atoms with Crippen LogP contribution in [0.15, 0.2) is 12.3 Å². The number of carbonyl (C=O) groups excluding carboxylic acids is 1. The zero-order valence-electron chi connectivity index (χ0n) is 7.74. The van der Waals surface area contributed by atoms with Gasteiger partial charge in [-0.3, -0.25) is 10.2 Å². The average Bonchev–Trinajstić information content (AvgIpc) is 2.66. The van der Waals surface area contributed by atoms with E-state index in [-0.39, 0.29) is 12.3 Å². The third kappa shape index (κ3) is 1.20. The van der Waals surface area contributed by atoms with Gasteiger partial charge in [0, 0.05) is 12.7 Å². The van der Waals surface area contributed by atoms with Gasteiger partial charge in [0.1, 0.15) is 5.82 Å². The summed E-state index contributed by atoms with van der Waals surface area (Å²) in [5.41, 5.74) is 0.747. The maximum absolute atomic E-state index is 11.6. The van der Waals surface area contributed by atoms with E-state index in [1.165, 1.54) is 0 Å². The number of hydrogen-bond acceptors (Lipinski definition) is 3. The van der Waals surface area contributed by atoms with E-state index in [0.29, 0.717) is 24.0 Å². The number of fused-ring (bicyclic) bond motifs is 3. The van der Waals surface area contributed by atoms with Gasteiger partial charge in [0.25, 0.3) is 0 Å². The summed E-state index contributed by atoms with van der Waals surface area (Å²) in [6.45, 7) is 1.11. The van der Waals surface area contributed by atoms with Gasteiger partial charge in [-0.05, 0) is 6.07 Å². The molecule has 3 rings (SSSR count). The fourth-order valence-corrected chi connectivity index (χ4v) is 2.11. The average molecular weight is 226 g/mol. The second kappa shape index (κ2) is 3.08. The number of hydrogen-bond donors (Lipinski definition) is 1. The van der Waals surface area contributed by atoms with Crippen molar-refractivity contribution >= 4 is 23.4 Å². The minimum atomic E-state index is -0.380. The Balaban J connectivity index is 2.16. The highest BCUT2D eigenvalue weighted by atomic mass is 35.5. The van der Waals surface area contributed by atoms with Crippen molar-refractivity contribution < 1.29 is 9.53 Å². The highest BCUT2D eigenvalue weighted by molar-refractivity contribution is 6.31. The van der Waals surface area contributed by atoms with Crippen LogP contribution in [-0.2, 0) is 4.74 Å². The fraction of sp³-hybridized carbons (Fsp3) is 0.333. The molecule has 2 aliphatic heterocycles. The second-order valence-corrected chi connectivity index (χ2v) is 3.81. The lowest BCUT2D eigenvalue weighted by atomic mass is 10.2. The van der Waals surface area contributed by atoms with Crippen molar-refractivity contribution in [1.82, 2.24) is 9.88 Å². The van der Waals surface area contributed by atoms with Crippen molar-refractivity contribution in [3.05, 3.63) is 22.8 Å². The van der Waals surface area contributed by atoms with Gasteiger partial charge >= 0.3 is 6.03 Å². The molecule has 1 unspecified atom stereocenters. The van der Waals surface area contributed by atoms with E-state index >= 15 is 0 Å². The lowest BCUT2D eigenvalue weighted by Gasteiger charge is -2.30. The molecule has 15 heavy (non-hydrogen) atoms. The van der Waals surface area contributed by atoms with Crippen molar-refractivity contribution in [2.75, 3.05) is 18.5 Å². The smallest absolute Gasteiger partial charge is 0.325 e. The van der Waals surface area contributed by atoms with Gasteiger partial charge in [0.15, 0.2) is 6.23 Å². The molecule has 1 saturated heterocycles. The minimum Gasteiger partial charge on any atom is -0.352 e. The fourth-order valence-electron chi connectivity index (χ4n) is 1.87. The number of anilines is 1. The lowest BCUT2D eigenvalue weighted by Crippen LogP contribution is -2.39. The van der Waals surface area contributed by atoms with Gasteiger partial charge in [0.05, 0.1) is 17.2 Å². The van der Waals surface area contributed by atoms with E-state index in [1.54, 1.807) is 17.2 Å². The van der Waals surface area contributed by atoms with Crippen LogP contribution in [0.2, 0.25) is 5.02 Å². The summed E-state index contributed by atoms with van der Waals surface area (Å²) in [5, 5.41) is 3.25. The van der Waals surface area contributed by atoms with E-state index in [2.05, 4.69) is 10.3 Å². The molecule has 1 aromatic rings. The lowest BCUT2D eigenvalue weighted by molar-refractivity contribution is 0.0496. The van der Waals surface area contributed by atoms with Crippen molar-refractivity contribution in [3.63, 3.8) is 0 Å². The third-order valence-corrected chi connectivity index (χ3v) is 2.89. The monoisotopic (exact) mass is 225 g/mol. The standard InChI is InChI=1S/C9H8ClN3O2/c10-5-1-2-11-7-6(5)8-13(3-4-15-8)9(14)12-7/h1-2,8H,3-4H2,(H,11,12,14). The first-order valence-electron chi connectivity index (χ1n) is 4.61. The van der Waals surface area contributed by atoms with Crippen molar-refractivity contribution in [2.24, 2.45) is 0 Å². The first-order chi connectivity index (χ1) is 7.27. The first-order valence-corrected chi connectivity index (χ1v) is 4.99. The van der Waals surface area contributed by atoms with E-state index < -0.39 is 0 Å². The topological polar surface area (TPSA) is 54.5 Å². The van der Waals surface area contributed by atoms with Gasteiger partial charge in [-0.2, -0.15) is 0 Å². The van der Waals surface area contributed by atoms with Crippen LogP contribution in [0.1, 0.15) is 11.8 Å². The van der Waals surface area contributed by atoms with Gasteiger partial charge in [-0.15, -0.1) is 0 Å². The summed E-state index contributed by atoms with van der Waals surface area (Å²) in [4.78, 5) is 17.3. The van der Waals surface area contributed by atoms with Crippen LogP contribution < -0.4 is 5.32 Å². The van der Waals surface area contributed by atoms with E-state index in [4.69, 9.17) is 16.3 Å². The van der Waals surface area contributed by atoms with Crippen LogP contribution in [0.3, 0.4) is 0 Å². The van der Waals surface area contributed by atoms with E-state index in [9.17, 15) is 4.79 Å². The van der Waals surface area contributed by atoms with Crippen LogP contribution in [0.4, 0.5) is 10.6 Å². The molecule has 2 amide bonds. The van der Waals surface area contributed by atoms with Crippen molar-refractivity contribution in [1.29, 1.82) is 0 Å². The maximum Gasteiger partial charge on any atom is 0.325 e. The van der Waals surface area contributed by atoms with Gasteiger partial charge in [0.2, 0.25) is 0 Å². The number of urea groups is 1. The number of aromatic nitrogens is 1.